The van der Waals surface area contributed by atoms with E-state index in [2.05, 4.69) is 79.3 Å². The molecule has 2 atom stereocenters. The third-order valence-corrected chi connectivity index (χ3v) is 6.90. The minimum absolute atomic E-state index is 0.0452. The van der Waals surface area contributed by atoms with Crippen LogP contribution in [0.15, 0.2) is 78.2 Å². The zero-order chi connectivity index (χ0) is 26.8. The van der Waals surface area contributed by atoms with E-state index in [4.69, 9.17) is 17.3 Å². The summed E-state index contributed by atoms with van der Waals surface area (Å²) in [6.45, 7) is 10.4. The highest BCUT2D eigenvalue weighted by Crippen LogP contribution is 2.42. The maximum Gasteiger partial charge on any atom is 0.210 e. The van der Waals surface area contributed by atoms with Gasteiger partial charge in [0.2, 0.25) is 6.41 Å². The van der Waals surface area contributed by atoms with Crippen LogP contribution in [0.4, 0.5) is 11.4 Å². The lowest BCUT2D eigenvalue weighted by Gasteiger charge is -2.40. The molecule has 2 aromatic rings. The van der Waals surface area contributed by atoms with E-state index in [0.29, 0.717) is 24.7 Å². The van der Waals surface area contributed by atoms with E-state index >= 15 is 0 Å². The number of nitrogens with two attached hydrogens (primary N) is 1. The second-order valence-corrected chi connectivity index (χ2v) is 10.4. The Morgan fingerprint density at radius 3 is 2.65 bits per heavy atom. The van der Waals surface area contributed by atoms with Crippen molar-refractivity contribution < 1.29 is 4.79 Å². The van der Waals surface area contributed by atoms with Gasteiger partial charge in [-0.25, -0.2) is 0 Å². The fraction of sp³-hybridized carbons (Fsp3) is 0.400. The Kier molecular flexibility index (Phi) is 10.8. The van der Waals surface area contributed by atoms with Crippen molar-refractivity contribution in [3.05, 3.63) is 88.8 Å². The van der Waals surface area contributed by atoms with Crippen LogP contribution in [0, 0.1) is 5.92 Å². The van der Waals surface area contributed by atoms with Crippen molar-refractivity contribution in [1.82, 2.24) is 9.88 Å². The van der Waals surface area contributed by atoms with Crippen LogP contribution in [-0.4, -0.2) is 41.6 Å². The highest BCUT2D eigenvalue weighted by molar-refractivity contribution is 6.34. The van der Waals surface area contributed by atoms with Gasteiger partial charge in [0.15, 0.2) is 0 Å². The molecule has 0 spiro atoms. The Balaban J connectivity index is 0.000000356. The van der Waals surface area contributed by atoms with Crippen LogP contribution in [0.5, 0.6) is 0 Å². The van der Waals surface area contributed by atoms with Crippen molar-refractivity contribution in [3.8, 4) is 0 Å². The van der Waals surface area contributed by atoms with E-state index in [1.165, 1.54) is 16.7 Å². The summed E-state index contributed by atoms with van der Waals surface area (Å²) >= 11 is 6.43. The number of aromatic nitrogens is 1. The van der Waals surface area contributed by atoms with Crippen molar-refractivity contribution in [3.63, 3.8) is 0 Å². The van der Waals surface area contributed by atoms with Crippen LogP contribution >= 0.6 is 11.6 Å². The van der Waals surface area contributed by atoms with Gasteiger partial charge in [0.25, 0.3) is 0 Å². The molecule has 1 aromatic heterocycles. The molecule has 0 radical (unpaired) electrons. The zero-order valence-corrected chi connectivity index (χ0v) is 23.2. The Morgan fingerprint density at radius 2 is 1.97 bits per heavy atom. The number of hydrogen-bond acceptors (Lipinski definition) is 5. The van der Waals surface area contributed by atoms with E-state index < -0.39 is 0 Å². The Hall–Kier alpha value is -3.09. The number of rotatable bonds is 9. The molecule has 7 heteroatoms. The molecule has 37 heavy (non-hydrogen) atoms. The summed E-state index contributed by atoms with van der Waals surface area (Å²) < 4.78 is 0. The third-order valence-electron chi connectivity index (χ3n) is 6.61. The van der Waals surface area contributed by atoms with Gasteiger partial charge in [-0.05, 0) is 44.7 Å². The van der Waals surface area contributed by atoms with Gasteiger partial charge >= 0.3 is 0 Å². The number of carbonyl (C=O) groups excluding carboxylic acids is 1. The molecular formula is C30H40ClN5O. The molecule has 2 aliphatic rings. The van der Waals surface area contributed by atoms with E-state index in [1.807, 2.05) is 29.3 Å². The summed E-state index contributed by atoms with van der Waals surface area (Å²) in [6, 6.07) is 10.2. The quantitative estimate of drug-likeness (QED) is 0.386. The average Bonchev–Trinajstić information content (AvgIpc) is 3.13. The summed E-state index contributed by atoms with van der Waals surface area (Å²) in [6.07, 6.45) is 14.9. The molecule has 0 fully saturated rings. The van der Waals surface area contributed by atoms with Crippen molar-refractivity contribution >= 4 is 29.4 Å². The topological polar surface area (TPSA) is 74.5 Å². The lowest BCUT2D eigenvalue weighted by Crippen LogP contribution is -2.55. The first kappa shape index (κ1) is 28.5. The van der Waals surface area contributed by atoms with E-state index in [9.17, 15) is 4.79 Å². The Labute approximate surface area is 226 Å². The molecule has 1 aromatic carbocycles. The third kappa shape index (κ3) is 7.70. The standard InChI is InChI=1S/C21H28ClN5O.C9H12/c1-15(2)20(26(14-28)10-6-9-23)21-25-19-17(22)11-24-12-18(19)27(21)13-16-7-4-3-5-8-16;1-8-4-3-5-9(2)7-6-8/h3-5,7-8,11-12,14-15,20-21,25H,6,9-10,13,23H2,1-2H3;3-4,6-7H,5H2,1-2H3. The molecule has 3 N–H and O–H groups in total. The van der Waals surface area contributed by atoms with Crippen molar-refractivity contribution in [2.75, 3.05) is 23.3 Å². The molecule has 1 aliphatic heterocycles. The van der Waals surface area contributed by atoms with Gasteiger partial charge < -0.3 is 20.9 Å². The van der Waals surface area contributed by atoms with E-state index in [0.717, 1.165) is 30.6 Å². The van der Waals surface area contributed by atoms with Gasteiger partial charge in [-0.3, -0.25) is 9.78 Å². The molecule has 0 saturated heterocycles. The van der Waals surface area contributed by atoms with Gasteiger partial charge in [-0.1, -0.05) is 91.2 Å². The van der Waals surface area contributed by atoms with Crippen LogP contribution in [0.3, 0.4) is 0 Å². The molecule has 4 rings (SSSR count). The van der Waals surface area contributed by atoms with Crippen LogP contribution in [0.1, 0.15) is 46.1 Å². The second kappa shape index (κ2) is 14.0. The predicted molar refractivity (Wildman–Crippen MR) is 156 cm³/mol. The molecule has 2 unspecified atom stereocenters. The van der Waals surface area contributed by atoms with Crippen LogP contribution in [-0.2, 0) is 11.3 Å². The summed E-state index contributed by atoms with van der Waals surface area (Å²) in [5.41, 5.74) is 11.5. The summed E-state index contributed by atoms with van der Waals surface area (Å²) in [5, 5.41) is 4.15. The molecule has 2 heterocycles. The minimum atomic E-state index is -0.111. The van der Waals surface area contributed by atoms with Gasteiger partial charge in [-0.2, -0.15) is 0 Å². The number of nitrogens with zero attached hydrogens (tertiary/aromatic N) is 3. The normalized spacial score (nSPS) is 17.1. The lowest BCUT2D eigenvalue weighted by atomic mass is 9.98. The number of fused-ring (bicyclic) bond motifs is 1. The number of benzene rings is 1. The van der Waals surface area contributed by atoms with Gasteiger partial charge in [0, 0.05) is 19.3 Å². The molecule has 1 amide bonds. The second-order valence-electron chi connectivity index (χ2n) is 9.97. The fourth-order valence-electron chi connectivity index (χ4n) is 4.70. The Morgan fingerprint density at radius 1 is 1.22 bits per heavy atom. The number of anilines is 2. The van der Waals surface area contributed by atoms with Crippen molar-refractivity contribution in [2.45, 2.75) is 59.3 Å². The number of amides is 1. The number of allylic oxidation sites excluding steroid dienone is 6. The minimum Gasteiger partial charge on any atom is -0.360 e. The summed E-state index contributed by atoms with van der Waals surface area (Å²) in [5.74, 6) is 0.236. The van der Waals surface area contributed by atoms with Gasteiger partial charge in [0.05, 0.1) is 28.6 Å². The zero-order valence-electron chi connectivity index (χ0n) is 22.4. The smallest absolute Gasteiger partial charge is 0.210 e. The maximum absolute atomic E-state index is 11.9. The predicted octanol–water partition coefficient (Wildman–Crippen LogP) is 6.16. The molecular weight excluding hydrogens is 482 g/mol. The van der Waals surface area contributed by atoms with Crippen LogP contribution < -0.4 is 16.0 Å². The molecule has 198 valence electrons. The maximum atomic E-state index is 11.9. The van der Waals surface area contributed by atoms with Gasteiger partial charge in [-0.15, -0.1) is 0 Å². The van der Waals surface area contributed by atoms with Crippen LogP contribution in [0.2, 0.25) is 5.02 Å². The lowest BCUT2D eigenvalue weighted by molar-refractivity contribution is -0.121. The largest absolute Gasteiger partial charge is 0.360 e. The number of carbonyl (C=O) groups is 1. The SMILES string of the molecule is CC(C)C(C1Nc2c(Cl)cncc2N1Cc1ccccc1)N(C=O)CCCN.CC1=CC=C(C)CC=C1. The number of pyridine rings is 1. The van der Waals surface area contributed by atoms with Gasteiger partial charge in [0.1, 0.15) is 6.17 Å². The first-order valence-corrected chi connectivity index (χ1v) is 13.4. The van der Waals surface area contributed by atoms with E-state index in [1.54, 1.807) is 6.20 Å². The average molecular weight is 522 g/mol. The highest BCUT2D eigenvalue weighted by Gasteiger charge is 2.40. The van der Waals surface area contributed by atoms with E-state index in [-0.39, 0.29) is 18.1 Å². The fourth-order valence-corrected chi connectivity index (χ4v) is 4.90. The first-order chi connectivity index (χ1) is 17.8. The van der Waals surface area contributed by atoms with Crippen molar-refractivity contribution in [2.24, 2.45) is 11.7 Å². The Bertz CT molecular complexity index is 1110. The summed E-state index contributed by atoms with van der Waals surface area (Å²) in [7, 11) is 0. The first-order valence-electron chi connectivity index (χ1n) is 13.0. The number of hydrogen-bond donors (Lipinski definition) is 2. The number of nitrogens with one attached hydrogen (secondary N) is 1. The molecule has 6 nitrogen and oxygen atoms in total. The highest BCUT2D eigenvalue weighted by atomic mass is 35.5. The molecule has 1 aliphatic carbocycles. The van der Waals surface area contributed by atoms with Crippen molar-refractivity contribution in [1.29, 1.82) is 0 Å². The molecule has 0 saturated carbocycles. The van der Waals surface area contributed by atoms with Crippen LogP contribution in [0.25, 0.3) is 0 Å². The monoisotopic (exact) mass is 521 g/mol. The number of halogens is 1. The molecule has 0 bridgehead atoms. The summed E-state index contributed by atoms with van der Waals surface area (Å²) in [4.78, 5) is 20.3.